The first-order valence-corrected chi connectivity index (χ1v) is 17.2. The number of nitrogens with one attached hydrogen (secondary N) is 1. The number of H-pyrrole nitrogens is 1. The van der Waals surface area contributed by atoms with E-state index >= 15 is 0 Å². The van der Waals surface area contributed by atoms with Crippen LogP contribution in [-0.2, 0) is 40.4 Å². The first-order valence-electron chi connectivity index (χ1n) is 17.2. The van der Waals surface area contributed by atoms with Crippen LogP contribution in [0.5, 0.6) is 0 Å². The third-order valence-corrected chi connectivity index (χ3v) is 9.00. The molecule has 0 amide bonds. The van der Waals surface area contributed by atoms with Crippen LogP contribution in [0.4, 0.5) is 0 Å². The summed E-state index contributed by atoms with van der Waals surface area (Å²) in [6, 6.07) is 37.4. The summed E-state index contributed by atoms with van der Waals surface area (Å²) in [7, 11) is 3.28. The van der Waals surface area contributed by atoms with Gasteiger partial charge in [-0.1, -0.05) is 116 Å². The number of ether oxygens (including phenoxy) is 3. The Labute approximate surface area is 297 Å². The molecule has 3 aromatic heterocycles. The van der Waals surface area contributed by atoms with Gasteiger partial charge in [0.2, 0.25) is 12.1 Å². The quantitative estimate of drug-likeness (QED) is 0.108. The van der Waals surface area contributed by atoms with Gasteiger partial charge in [0.25, 0.3) is 0 Å². The minimum atomic E-state index is -0.653. The number of rotatable bonds is 15. The van der Waals surface area contributed by atoms with E-state index in [-0.39, 0.29) is 0 Å². The number of pyridine rings is 1. The molecule has 7 rings (SSSR count). The van der Waals surface area contributed by atoms with Crippen molar-refractivity contribution in [3.05, 3.63) is 137 Å². The lowest BCUT2D eigenvalue weighted by molar-refractivity contribution is -0.108. The van der Waals surface area contributed by atoms with Gasteiger partial charge in [-0.15, -0.1) is 10.2 Å². The van der Waals surface area contributed by atoms with Crippen LogP contribution in [-0.4, -0.2) is 49.4 Å². The van der Waals surface area contributed by atoms with Crippen LogP contribution in [0, 0.1) is 0 Å². The van der Waals surface area contributed by atoms with Gasteiger partial charge in [0, 0.05) is 31.8 Å². The summed E-state index contributed by atoms with van der Waals surface area (Å²) in [5.41, 5.74) is 10.7. The van der Waals surface area contributed by atoms with Crippen LogP contribution in [0.15, 0.2) is 109 Å². The second kappa shape index (κ2) is 16.0. The Morgan fingerprint density at radius 1 is 0.706 bits per heavy atom. The molecular weight excluding hydrogens is 638 g/mol. The Bertz CT molecular complexity index is 2160. The number of nitrogens with zero attached hydrogens (tertiary/aromatic N) is 6. The van der Waals surface area contributed by atoms with Crippen molar-refractivity contribution in [2.45, 2.75) is 52.2 Å². The van der Waals surface area contributed by atoms with Crippen molar-refractivity contribution in [3.63, 3.8) is 0 Å². The highest BCUT2D eigenvalue weighted by atomic mass is 16.7. The highest BCUT2D eigenvalue weighted by Crippen LogP contribution is 2.34. The molecule has 0 aliphatic rings. The average Bonchev–Trinajstić information content (AvgIpc) is 3.84. The predicted molar refractivity (Wildman–Crippen MR) is 197 cm³/mol. The summed E-state index contributed by atoms with van der Waals surface area (Å²) in [5, 5.41) is 14.7. The standard InChI is InChI=1S/C41H41N7O3/c1-4-5-15-37-42-36-24-35(32-22-18-30(19-23-32)27-51-26-29-11-7-6-8-12-29)38(41(49-2)50-3)43-40(36)48(37)25-28-16-20-31(21-17-28)33-13-9-10-14-34(33)39-44-46-47-45-39/h6-14,16-24,41H,4-5,15,25-27H2,1-3H3,(H,44,45,46,47). The number of unbranched alkanes of at least 4 members (excludes halogenated alkanes) is 1. The molecule has 0 aliphatic carbocycles. The summed E-state index contributed by atoms with van der Waals surface area (Å²) in [5.74, 6) is 1.57. The van der Waals surface area contributed by atoms with Gasteiger partial charge in [0.15, 0.2) is 5.65 Å². The Balaban J connectivity index is 1.20. The van der Waals surface area contributed by atoms with Crippen molar-refractivity contribution in [1.29, 1.82) is 0 Å². The summed E-state index contributed by atoms with van der Waals surface area (Å²) in [6.07, 6.45) is 2.29. The molecule has 258 valence electrons. The molecule has 0 spiro atoms. The molecule has 7 aromatic rings. The number of aromatic nitrogens is 7. The van der Waals surface area contributed by atoms with Gasteiger partial charge >= 0.3 is 0 Å². The number of tetrazole rings is 1. The zero-order valence-electron chi connectivity index (χ0n) is 29.1. The second-order valence-corrected chi connectivity index (χ2v) is 12.4. The lowest BCUT2D eigenvalue weighted by atomic mass is 9.98. The highest BCUT2D eigenvalue weighted by molar-refractivity contribution is 5.82. The van der Waals surface area contributed by atoms with Crippen LogP contribution in [0.3, 0.4) is 0 Å². The molecule has 4 aromatic carbocycles. The smallest absolute Gasteiger partial charge is 0.205 e. The van der Waals surface area contributed by atoms with Crippen LogP contribution in [0.1, 0.15) is 54.3 Å². The fraction of sp³-hybridized carbons (Fsp3) is 0.244. The number of aromatic amines is 1. The molecule has 1 N–H and O–H groups in total. The highest BCUT2D eigenvalue weighted by Gasteiger charge is 2.22. The lowest BCUT2D eigenvalue weighted by Crippen LogP contribution is -2.11. The molecule has 0 atom stereocenters. The molecule has 0 fully saturated rings. The molecule has 51 heavy (non-hydrogen) atoms. The van der Waals surface area contributed by atoms with Gasteiger partial charge in [-0.2, -0.15) is 5.21 Å². The number of aryl methyl sites for hydroxylation is 1. The number of methoxy groups -OCH3 is 2. The average molecular weight is 680 g/mol. The molecule has 3 heterocycles. The van der Waals surface area contributed by atoms with Gasteiger partial charge in [-0.25, -0.2) is 9.97 Å². The maximum Gasteiger partial charge on any atom is 0.205 e. The van der Waals surface area contributed by atoms with Gasteiger partial charge in [-0.05, 0) is 51.1 Å². The van der Waals surface area contributed by atoms with E-state index in [0.29, 0.717) is 31.3 Å². The number of benzene rings is 4. The van der Waals surface area contributed by atoms with Crippen molar-refractivity contribution in [3.8, 4) is 33.6 Å². The van der Waals surface area contributed by atoms with Crippen molar-refractivity contribution in [2.75, 3.05) is 14.2 Å². The van der Waals surface area contributed by atoms with Crippen molar-refractivity contribution in [2.24, 2.45) is 0 Å². The normalized spacial score (nSPS) is 11.5. The predicted octanol–water partition coefficient (Wildman–Crippen LogP) is 8.34. The van der Waals surface area contributed by atoms with Gasteiger partial charge < -0.3 is 18.8 Å². The van der Waals surface area contributed by atoms with E-state index in [2.05, 4.69) is 105 Å². The number of fused-ring (bicyclic) bond motifs is 1. The van der Waals surface area contributed by atoms with Crippen LogP contribution in [0.2, 0.25) is 0 Å². The molecule has 10 heteroatoms. The van der Waals surface area contributed by atoms with Gasteiger partial charge in [0.1, 0.15) is 17.0 Å². The van der Waals surface area contributed by atoms with Crippen LogP contribution >= 0.6 is 0 Å². The molecule has 0 aliphatic heterocycles. The number of hydrogen-bond donors (Lipinski definition) is 1. The van der Waals surface area contributed by atoms with E-state index < -0.39 is 6.29 Å². The minimum absolute atomic E-state index is 0.523. The topological polar surface area (TPSA) is 113 Å². The molecule has 0 unspecified atom stereocenters. The fourth-order valence-electron chi connectivity index (χ4n) is 6.35. The fourth-order valence-corrected chi connectivity index (χ4v) is 6.35. The molecule has 0 radical (unpaired) electrons. The zero-order chi connectivity index (χ0) is 35.0. The Morgan fingerprint density at radius 3 is 2.02 bits per heavy atom. The van der Waals surface area contributed by atoms with E-state index in [1.807, 2.05) is 36.4 Å². The monoisotopic (exact) mass is 679 g/mol. The zero-order valence-corrected chi connectivity index (χ0v) is 29.1. The summed E-state index contributed by atoms with van der Waals surface area (Å²) >= 11 is 0. The van der Waals surface area contributed by atoms with Gasteiger partial charge in [0.05, 0.1) is 19.8 Å². The summed E-state index contributed by atoms with van der Waals surface area (Å²) in [6.45, 7) is 3.91. The van der Waals surface area contributed by atoms with Crippen LogP contribution < -0.4 is 0 Å². The second-order valence-electron chi connectivity index (χ2n) is 12.4. The SMILES string of the molecule is CCCCc1nc2cc(-c3ccc(COCc4ccccc4)cc3)c(C(OC)OC)nc2n1Cc1ccc(-c2ccccc2-c2nn[nH]n2)cc1. The van der Waals surface area contributed by atoms with Crippen molar-refractivity contribution >= 4 is 11.2 Å². The summed E-state index contributed by atoms with van der Waals surface area (Å²) < 4.78 is 19.8. The summed E-state index contributed by atoms with van der Waals surface area (Å²) in [4.78, 5) is 10.4. The molecule has 10 nitrogen and oxygen atoms in total. The van der Waals surface area contributed by atoms with E-state index in [4.69, 9.17) is 24.2 Å². The first kappa shape index (κ1) is 33.9. The third-order valence-electron chi connectivity index (χ3n) is 9.00. The molecule has 0 saturated heterocycles. The van der Waals surface area contributed by atoms with E-state index in [9.17, 15) is 0 Å². The van der Waals surface area contributed by atoms with Crippen molar-refractivity contribution < 1.29 is 14.2 Å². The maximum absolute atomic E-state index is 5.98. The number of hydrogen-bond acceptors (Lipinski definition) is 8. The van der Waals surface area contributed by atoms with Gasteiger partial charge in [-0.3, -0.25) is 0 Å². The maximum atomic E-state index is 5.98. The number of imidazole rings is 1. The molecule has 0 bridgehead atoms. The lowest BCUT2D eigenvalue weighted by Gasteiger charge is -2.18. The third kappa shape index (κ3) is 7.63. The van der Waals surface area contributed by atoms with Crippen molar-refractivity contribution in [1.82, 2.24) is 35.2 Å². The Kier molecular flexibility index (Phi) is 10.6. The Morgan fingerprint density at radius 2 is 1.35 bits per heavy atom. The molecular formula is C41H41N7O3. The minimum Gasteiger partial charge on any atom is -0.372 e. The van der Waals surface area contributed by atoms with Crippen LogP contribution in [0.25, 0.3) is 44.8 Å². The molecule has 0 saturated carbocycles. The Hall–Kier alpha value is -5.55. The van der Waals surface area contributed by atoms with E-state index in [0.717, 1.165) is 80.8 Å². The first-order chi connectivity index (χ1) is 25.1. The van der Waals surface area contributed by atoms with E-state index in [1.54, 1.807) is 14.2 Å². The largest absolute Gasteiger partial charge is 0.372 e. The van der Waals surface area contributed by atoms with E-state index in [1.165, 1.54) is 0 Å².